The minimum Gasteiger partial charge on any atom is -0.493 e. The standard InChI is InChI=1S/C26H27N3O2S2/c1-4-14-28-25(30)23(33-26(28)32)15-20-16-29(21-8-6-5-7-9-21)27-24(20)19-10-12-22(13-11-19)31-17-18(2)3/h5-13,15-16,18H,4,14,17H2,1-3H3. The minimum atomic E-state index is -0.0392. The largest absolute Gasteiger partial charge is 0.493 e. The summed E-state index contributed by atoms with van der Waals surface area (Å²) in [5.41, 5.74) is 3.58. The Hall–Kier alpha value is -2.90. The van der Waals surface area contributed by atoms with Crippen molar-refractivity contribution in [1.82, 2.24) is 14.7 Å². The summed E-state index contributed by atoms with van der Waals surface area (Å²) in [6, 6.07) is 17.9. The predicted molar refractivity (Wildman–Crippen MR) is 140 cm³/mol. The molecular weight excluding hydrogens is 450 g/mol. The second-order valence-corrected chi connectivity index (χ2v) is 9.95. The Labute approximate surface area is 204 Å². The zero-order valence-electron chi connectivity index (χ0n) is 19.0. The number of nitrogens with zero attached hydrogens (tertiary/aromatic N) is 3. The van der Waals surface area contributed by atoms with E-state index in [9.17, 15) is 4.79 Å². The zero-order valence-corrected chi connectivity index (χ0v) is 20.7. The van der Waals surface area contributed by atoms with Crippen LogP contribution in [0.15, 0.2) is 65.7 Å². The molecular formula is C26H27N3O2S2. The van der Waals surface area contributed by atoms with Crippen LogP contribution in [0.5, 0.6) is 5.75 Å². The molecule has 0 bridgehead atoms. The predicted octanol–water partition coefficient (Wildman–Crippen LogP) is 6.19. The van der Waals surface area contributed by atoms with Gasteiger partial charge in [0, 0.05) is 23.9 Å². The van der Waals surface area contributed by atoms with E-state index in [2.05, 4.69) is 13.8 Å². The molecule has 5 nitrogen and oxygen atoms in total. The molecule has 1 amide bonds. The van der Waals surface area contributed by atoms with Crippen molar-refractivity contribution in [3.8, 4) is 22.7 Å². The van der Waals surface area contributed by atoms with Crippen LogP contribution in [-0.4, -0.2) is 38.1 Å². The van der Waals surface area contributed by atoms with Gasteiger partial charge in [0.15, 0.2) is 0 Å². The van der Waals surface area contributed by atoms with E-state index in [0.29, 0.717) is 28.3 Å². The number of carbonyl (C=O) groups is 1. The second kappa shape index (κ2) is 10.4. The maximum atomic E-state index is 12.9. The Balaban J connectivity index is 1.71. The summed E-state index contributed by atoms with van der Waals surface area (Å²) < 4.78 is 8.28. The number of ether oxygens (including phenoxy) is 1. The highest BCUT2D eigenvalue weighted by atomic mass is 32.2. The number of carbonyl (C=O) groups excluding carboxylic acids is 1. The first-order valence-electron chi connectivity index (χ1n) is 11.1. The van der Waals surface area contributed by atoms with Gasteiger partial charge in [-0.15, -0.1) is 0 Å². The molecule has 0 saturated carbocycles. The van der Waals surface area contributed by atoms with E-state index >= 15 is 0 Å². The van der Waals surface area contributed by atoms with Crippen molar-refractivity contribution in [3.63, 3.8) is 0 Å². The van der Waals surface area contributed by atoms with Crippen LogP contribution in [0.25, 0.3) is 23.0 Å². The highest BCUT2D eigenvalue weighted by Gasteiger charge is 2.31. The van der Waals surface area contributed by atoms with Crippen molar-refractivity contribution in [2.75, 3.05) is 13.2 Å². The monoisotopic (exact) mass is 477 g/mol. The van der Waals surface area contributed by atoms with Crippen molar-refractivity contribution >= 4 is 40.3 Å². The van der Waals surface area contributed by atoms with Gasteiger partial charge in [0.05, 0.1) is 22.9 Å². The van der Waals surface area contributed by atoms with Crippen LogP contribution in [0.1, 0.15) is 32.8 Å². The summed E-state index contributed by atoms with van der Waals surface area (Å²) in [6.45, 7) is 7.60. The van der Waals surface area contributed by atoms with Crippen molar-refractivity contribution in [3.05, 3.63) is 71.3 Å². The Morgan fingerprint density at radius 1 is 1.12 bits per heavy atom. The highest BCUT2D eigenvalue weighted by Crippen LogP contribution is 2.35. The summed E-state index contributed by atoms with van der Waals surface area (Å²) >= 11 is 6.78. The number of para-hydroxylation sites is 1. The number of hydrogen-bond acceptors (Lipinski definition) is 5. The number of hydrogen-bond donors (Lipinski definition) is 0. The van der Waals surface area contributed by atoms with Crippen LogP contribution < -0.4 is 4.74 Å². The maximum absolute atomic E-state index is 12.9. The van der Waals surface area contributed by atoms with Crippen molar-refractivity contribution in [2.24, 2.45) is 5.92 Å². The lowest BCUT2D eigenvalue weighted by molar-refractivity contribution is -0.122. The number of rotatable bonds is 8. The summed E-state index contributed by atoms with van der Waals surface area (Å²) in [6.07, 6.45) is 4.72. The lowest BCUT2D eigenvalue weighted by atomic mass is 10.1. The molecule has 0 spiro atoms. The topological polar surface area (TPSA) is 47.4 Å². The lowest BCUT2D eigenvalue weighted by Gasteiger charge is -2.11. The second-order valence-electron chi connectivity index (χ2n) is 8.28. The molecule has 0 unspecified atom stereocenters. The van der Waals surface area contributed by atoms with Gasteiger partial charge in [0.25, 0.3) is 5.91 Å². The first-order chi connectivity index (χ1) is 16.0. The Kier molecular flexibility index (Phi) is 7.30. The average Bonchev–Trinajstić information content (AvgIpc) is 3.35. The molecule has 1 aromatic heterocycles. The fourth-order valence-electron chi connectivity index (χ4n) is 3.46. The molecule has 1 fully saturated rings. The zero-order chi connectivity index (χ0) is 23.4. The molecule has 2 aromatic carbocycles. The van der Waals surface area contributed by atoms with Crippen molar-refractivity contribution < 1.29 is 9.53 Å². The summed E-state index contributed by atoms with van der Waals surface area (Å²) in [5, 5.41) is 4.86. The minimum absolute atomic E-state index is 0.0392. The smallest absolute Gasteiger partial charge is 0.266 e. The third-order valence-electron chi connectivity index (χ3n) is 5.08. The first kappa shape index (κ1) is 23.3. The molecule has 0 N–H and O–H groups in total. The van der Waals surface area contributed by atoms with Crippen molar-refractivity contribution in [1.29, 1.82) is 0 Å². The van der Waals surface area contributed by atoms with E-state index in [4.69, 9.17) is 22.1 Å². The number of thioether (sulfide) groups is 1. The fraction of sp³-hybridized carbons (Fsp3) is 0.269. The number of aromatic nitrogens is 2. The van der Waals surface area contributed by atoms with Crippen molar-refractivity contribution in [2.45, 2.75) is 27.2 Å². The van der Waals surface area contributed by atoms with Gasteiger partial charge in [0.1, 0.15) is 10.1 Å². The summed E-state index contributed by atoms with van der Waals surface area (Å²) in [7, 11) is 0. The molecule has 1 aliphatic rings. The van der Waals surface area contributed by atoms with Crippen LogP contribution in [0.2, 0.25) is 0 Å². The van der Waals surface area contributed by atoms with E-state index in [1.165, 1.54) is 11.8 Å². The van der Waals surface area contributed by atoms with Crippen LogP contribution in [0, 0.1) is 5.92 Å². The molecule has 3 aromatic rings. The Morgan fingerprint density at radius 2 is 1.85 bits per heavy atom. The molecule has 0 aliphatic carbocycles. The van der Waals surface area contributed by atoms with Gasteiger partial charge in [-0.2, -0.15) is 5.10 Å². The quantitative estimate of drug-likeness (QED) is 0.286. The third-order valence-corrected chi connectivity index (χ3v) is 6.46. The molecule has 33 heavy (non-hydrogen) atoms. The van der Waals surface area contributed by atoms with E-state index in [1.54, 1.807) is 4.90 Å². The molecule has 1 saturated heterocycles. The van der Waals surface area contributed by atoms with Gasteiger partial charge >= 0.3 is 0 Å². The fourth-order valence-corrected chi connectivity index (χ4v) is 4.76. The SMILES string of the molecule is CCCN1C(=O)C(=Cc2cn(-c3ccccc3)nc2-c2ccc(OCC(C)C)cc2)SC1=S. The van der Waals surface area contributed by atoms with Gasteiger partial charge in [-0.05, 0) is 54.8 Å². The molecule has 0 radical (unpaired) electrons. The van der Waals surface area contributed by atoms with Gasteiger partial charge in [-0.3, -0.25) is 9.69 Å². The van der Waals surface area contributed by atoms with Gasteiger partial charge in [-0.25, -0.2) is 4.68 Å². The van der Waals surface area contributed by atoms with Crippen LogP contribution in [0.4, 0.5) is 0 Å². The Bertz CT molecular complexity index is 1170. The van der Waals surface area contributed by atoms with Crippen LogP contribution >= 0.6 is 24.0 Å². The molecule has 0 atom stereocenters. The van der Waals surface area contributed by atoms with E-state index in [-0.39, 0.29) is 5.91 Å². The molecule has 170 valence electrons. The normalized spacial score (nSPS) is 15.2. The van der Waals surface area contributed by atoms with E-state index in [0.717, 1.165) is 34.7 Å². The van der Waals surface area contributed by atoms with Gasteiger partial charge in [-0.1, -0.05) is 63.0 Å². The van der Waals surface area contributed by atoms with E-state index in [1.807, 2.05) is 78.5 Å². The molecule has 7 heteroatoms. The number of thiocarbonyl (C=S) groups is 1. The highest BCUT2D eigenvalue weighted by molar-refractivity contribution is 8.26. The first-order valence-corrected chi connectivity index (χ1v) is 12.3. The third kappa shape index (κ3) is 5.37. The molecule has 2 heterocycles. The van der Waals surface area contributed by atoms with E-state index < -0.39 is 0 Å². The molecule has 1 aliphatic heterocycles. The number of amides is 1. The lowest BCUT2D eigenvalue weighted by Crippen LogP contribution is -2.28. The summed E-state index contributed by atoms with van der Waals surface area (Å²) in [5.74, 6) is 1.25. The molecule has 4 rings (SSSR count). The summed E-state index contributed by atoms with van der Waals surface area (Å²) in [4.78, 5) is 15.2. The average molecular weight is 478 g/mol. The van der Waals surface area contributed by atoms with Crippen LogP contribution in [0.3, 0.4) is 0 Å². The van der Waals surface area contributed by atoms with Gasteiger partial charge < -0.3 is 4.74 Å². The number of benzene rings is 2. The maximum Gasteiger partial charge on any atom is 0.266 e. The Morgan fingerprint density at radius 3 is 2.52 bits per heavy atom. The van der Waals surface area contributed by atoms with Gasteiger partial charge in [0.2, 0.25) is 0 Å². The van der Waals surface area contributed by atoms with Crippen LogP contribution in [-0.2, 0) is 4.79 Å².